The third-order valence-corrected chi connectivity index (χ3v) is 2.90. The Morgan fingerprint density at radius 2 is 2.10 bits per heavy atom. The van der Waals surface area contributed by atoms with Crippen LogP contribution in [0, 0.1) is 6.92 Å². The third-order valence-electron chi connectivity index (χ3n) is 2.90. The van der Waals surface area contributed by atoms with E-state index >= 15 is 0 Å². The van der Waals surface area contributed by atoms with Crippen LogP contribution in [0.3, 0.4) is 0 Å². The standard InChI is InChI=1S/C16H15NO3/c1-11-12(7-9-16(18)19)6-8-15(17-11)13-4-3-5-14(10-13)20-2/h3-10H,1-2H3,(H,18,19)/b9-7+. The van der Waals surface area contributed by atoms with Crippen LogP contribution in [0.25, 0.3) is 17.3 Å². The lowest BCUT2D eigenvalue weighted by Crippen LogP contribution is -1.92. The summed E-state index contributed by atoms with van der Waals surface area (Å²) in [5, 5.41) is 8.63. The summed E-state index contributed by atoms with van der Waals surface area (Å²) in [5.74, 6) is -0.196. The first-order valence-corrected chi connectivity index (χ1v) is 6.13. The molecule has 1 aromatic carbocycles. The molecular weight excluding hydrogens is 254 g/mol. The highest BCUT2D eigenvalue weighted by Gasteiger charge is 2.04. The highest BCUT2D eigenvalue weighted by molar-refractivity contribution is 5.85. The van der Waals surface area contributed by atoms with Gasteiger partial charge in [-0.05, 0) is 36.8 Å². The summed E-state index contributed by atoms with van der Waals surface area (Å²) in [6.07, 6.45) is 2.65. The second-order valence-corrected chi connectivity index (χ2v) is 4.27. The Kier molecular flexibility index (Phi) is 4.15. The molecule has 1 heterocycles. The molecule has 0 atom stereocenters. The number of aryl methyl sites for hydroxylation is 1. The normalized spacial score (nSPS) is 10.7. The molecule has 4 nitrogen and oxygen atoms in total. The summed E-state index contributed by atoms with van der Waals surface area (Å²) >= 11 is 0. The molecule has 4 heteroatoms. The summed E-state index contributed by atoms with van der Waals surface area (Å²) in [6, 6.07) is 11.4. The monoisotopic (exact) mass is 269 g/mol. The van der Waals surface area contributed by atoms with E-state index in [-0.39, 0.29) is 0 Å². The zero-order valence-electron chi connectivity index (χ0n) is 11.3. The summed E-state index contributed by atoms with van der Waals surface area (Å²) in [7, 11) is 1.62. The maximum atomic E-state index is 10.5. The number of pyridine rings is 1. The van der Waals surface area contributed by atoms with Crippen molar-refractivity contribution in [2.24, 2.45) is 0 Å². The van der Waals surface area contributed by atoms with Crippen molar-refractivity contribution >= 4 is 12.0 Å². The van der Waals surface area contributed by atoms with E-state index in [2.05, 4.69) is 4.98 Å². The first-order valence-electron chi connectivity index (χ1n) is 6.13. The van der Waals surface area contributed by atoms with Gasteiger partial charge in [0.25, 0.3) is 0 Å². The molecule has 0 saturated carbocycles. The van der Waals surface area contributed by atoms with Crippen LogP contribution in [0.5, 0.6) is 5.75 Å². The second-order valence-electron chi connectivity index (χ2n) is 4.27. The van der Waals surface area contributed by atoms with Gasteiger partial charge < -0.3 is 9.84 Å². The fraction of sp³-hybridized carbons (Fsp3) is 0.125. The predicted octanol–water partition coefficient (Wildman–Crippen LogP) is 3.16. The van der Waals surface area contributed by atoms with Gasteiger partial charge in [-0.25, -0.2) is 4.79 Å². The van der Waals surface area contributed by atoms with E-state index in [0.29, 0.717) is 0 Å². The molecular formula is C16H15NO3. The van der Waals surface area contributed by atoms with E-state index < -0.39 is 5.97 Å². The molecule has 2 aromatic rings. The first kappa shape index (κ1) is 13.8. The summed E-state index contributed by atoms with van der Waals surface area (Å²) in [4.78, 5) is 15.0. The number of carboxylic acid groups (broad SMARTS) is 1. The van der Waals surface area contributed by atoms with Crippen LogP contribution in [0.15, 0.2) is 42.5 Å². The molecule has 0 unspecified atom stereocenters. The van der Waals surface area contributed by atoms with Gasteiger partial charge in [0, 0.05) is 17.3 Å². The first-order chi connectivity index (χ1) is 9.60. The Hall–Kier alpha value is -2.62. The lowest BCUT2D eigenvalue weighted by atomic mass is 10.1. The van der Waals surface area contributed by atoms with Crippen molar-refractivity contribution in [1.82, 2.24) is 4.98 Å². The molecule has 1 N–H and O–H groups in total. The molecule has 0 aliphatic carbocycles. The Labute approximate surface area is 117 Å². The average molecular weight is 269 g/mol. The average Bonchev–Trinajstić information content (AvgIpc) is 2.46. The van der Waals surface area contributed by atoms with Crippen LogP contribution in [-0.2, 0) is 4.79 Å². The molecule has 102 valence electrons. The number of carboxylic acids is 1. The molecule has 2 rings (SSSR count). The zero-order valence-corrected chi connectivity index (χ0v) is 11.3. The summed E-state index contributed by atoms with van der Waals surface area (Å²) in [5.41, 5.74) is 3.36. The minimum Gasteiger partial charge on any atom is -0.497 e. The molecule has 0 aliphatic rings. The molecule has 0 bridgehead atoms. The van der Waals surface area contributed by atoms with Crippen LogP contribution >= 0.6 is 0 Å². The number of aliphatic carboxylic acids is 1. The number of ether oxygens (including phenoxy) is 1. The quantitative estimate of drug-likeness (QED) is 0.866. The highest BCUT2D eigenvalue weighted by atomic mass is 16.5. The second kappa shape index (κ2) is 6.02. The number of nitrogens with zero attached hydrogens (tertiary/aromatic N) is 1. The minimum absolute atomic E-state index is 0.775. The van der Waals surface area contributed by atoms with Crippen LogP contribution < -0.4 is 4.74 Å². The molecule has 0 amide bonds. The molecule has 0 saturated heterocycles. The number of benzene rings is 1. The molecule has 20 heavy (non-hydrogen) atoms. The molecule has 0 aliphatic heterocycles. The lowest BCUT2D eigenvalue weighted by Gasteiger charge is -2.06. The Balaban J connectivity index is 2.35. The number of hydrogen-bond acceptors (Lipinski definition) is 3. The summed E-state index contributed by atoms with van der Waals surface area (Å²) in [6.45, 7) is 1.85. The van der Waals surface area contributed by atoms with Gasteiger partial charge in [-0.1, -0.05) is 18.2 Å². The van der Waals surface area contributed by atoms with Crippen molar-refractivity contribution in [3.63, 3.8) is 0 Å². The molecule has 0 fully saturated rings. The van der Waals surface area contributed by atoms with E-state index in [1.54, 1.807) is 13.2 Å². The molecule has 1 aromatic heterocycles. The summed E-state index contributed by atoms with van der Waals surface area (Å²) < 4.78 is 5.19. The maximum Gasteiger partial charge on any atom is 0.328 e. The van der Waals surface area contributed by atoms with Gasteiger partial charge in [-0.3, -0.25) is 4.98 Å². The number of methoxy groups -OCH3 is 1. The fourth-order valence-corrected chi connectivity index (χ4v) is 1.85. The van der Waals surface area contributed by atoms with Crippen molar-refractivity contribution in [2.75, 3.05) is 7.11 Å². The van der Waals surface area contributed by atoms with Crippen LogP contribution in [0.2, 0.25) is 0 Å². The van der Waals surface area contributed by atoms with Gasteiger partial charge >= 0.3 is 5.97 Å². The van der Waals surface area contributed by atoms with E-state index in [0.717, 1.165) is 34.3 Å². The molecule has 0 radical (unpaired) electrons. The van der Waals surface area contributed by atoms with E-state index in [1.807, 2.05) is 43.3 Å². The maximum absolute atomic E-state index is 10.5. The number of rotatable bonds is 4. The largest absolute Gasteiger partial charge is 0.497 e. The predicted molar refractivity (Wildman–Crippen MR) is 77.6 cm³/mol. The number of hydrogen-bond donors (Lipinski definition) is 1. The van der Waals surface area contributed by atoms with Gasteiger partial charge in [0.2, 0.25) is 0 Å². The Morgan fingerprint density at radius 1 is 1.30 bits per heavy atom. The number of carbonyl (C=O) groups is 1. The van der Waals surface area contributed by atoms with E-state index in [1.165, 1.54) is 0 Å². The van der Waals surface area contributed by atoms with E-state index in [4.69, 9.17) is 9.84 Å². The van der Waals surface area contributed by atoms with Crippen LogP contribution in [0.1, 0.15) is 11.3 Å². The van der Waals surface area contributed by atoms with Crippen LogP contribution in [0.4, 0.5) is 0 Å². The topological polar surface area (TPSA) is 59.4 Å². The van der Waals surface area contributed by atoms with E-state index in [9.17, 15) is 4.79 Å². The highest BCUT2D eigenvalue weighted by Crippen LogP contribution is 2.23. The SMILES string of the molecule is COc1cccc(-c2ccc(/C=C/C(=O)O)c(C)n2)c1. The minimum atomic E-state index is -0.971. The van der Waals surface area contributed by atoms with Gasteiger partial charge in [0.15, 0.2) is 0 Å². The zero-order chi connectivity index (χ0) is 14.5. The Morgan fingerprint density at radius 3 is 2.75 bits per heavy atom. The van der Waals surface area contributed by atoms with Crippen molar-refractivity contribution in [1.29, 1.82) is 0 Å². The van der Waals surface area contributed by atoms with Crippen molar-refractivity contribution in [2.45, 2.75) is 6.92 Å². The van der Waals surface area contributed by atoms with Crippen molar-refractivity contribution < 1.29 is 14.6 Å². The van der Waals surface area contributed by atoms with Gasteiger partial charge in [-0.2, -0.15) is 0 Å². The van der Waals surface area contributed by atoms with Crippen LogP contribution in [-0.4, -0.2) is 23.2 Å². The Bertz CT molecular complexity index is 663. The van der Waals surface area contributed by atoms with Gasteiger partial charge in [-0.15, -0.1) is 0 Å². The number of aromatic nitrogens is 1. The van der Waals surface area contributed by atoms with Crippen molar-refractivity contribution in [3.05, 3.63) is 53.7 Å². The lowest BCUT2D eigenvalue weighted by molar-refractivity contribution is -0.131. The van der Waals surface area contributed by atoms with Gasteiger partial charge in [0.05, 0.1) is 12.8 Å². The molecule has 0 spiro atoms. The fourth-order valence-electron chi connectivity index (χ4n) is 1.85. The third kappa shape index (κ3) is 3.23. The smallest absolute Gasteiger partial charge is 0.328 e. The van der Waals surface area contributed by atoms with Crippen molar-refractivity contribution in [3.8, 4) is 17.0 Å². The van der Waals surface area contributed by atoms with Gasteiger partial charge in [0.1, 0.15) is 5.75 Å².